The van der Waals surface area contributed by atoms with Crippen LogP contribution in [0.2, 0.25) is 0 Å². The molecule has 2 unspecified atom stereocenters. The molecule has 2 atom stereocenters. The maximum absolute atomic E-state index is 5.77. The first kappa shape index (κ1) is 13.1. The minimum atomic E-state index is 0.0354. The predicted molar refractivity (Wildman–Crippen MR) is 70.6 cm³/mol. The highest BCUT2D eigenvalue weighted by atomic mass is 16.5. The first-order valence-electron chi connectivity index (χ1n) is 7.57. The number of ether oxygens (including phenoxy) is 1. The van der Waals surface area contributed by atoms with Crippen LogP contribution in [-0.2, 0) is 4.74 Å². The summed E-state index contributed by atoms with van der Waals surface area (Å²) in [4.78, 5) is 4.59. The Kier molecular flexibility index (Phi) is 4.13. The molecular weight excluding hydrogens is 242 g/mol. The van der Waals surface area contributed by atoms with Crippen LogP contribution in [0.15, 0.2) is 4.52 Å². The van der Waals surface area contributed by atoms with Gasteiger partial charge in [-0.05, 0) is 45.1 Å². The first-order valence-corrected chi connectivity index (χ1v) is 7.57. The van der Waals surface area contributed by atoms with Crippen LogP contribution < -0.4 is 5.32 Å². The summed E-state index contributed by atoms with van der Waals surface area (Å²) >= 11 is 0. The molecular formula is C14H23N3O2. The number of hydrogen-bond acceptors (Lipinski definition) is 5. The van der Waals surface area contributed by atoms with E-state index in [2.05, 4.69) is 15.5 Å². The molecule has 1 aromatic rings. The van der Waals surface area contributed by atoms with Gasteiger partial charge in [0, 0.05) is 6.61 Å². The molecule has 19 heavy (non-hydrogen) atoms. The third kappa shape index (κ3) is 3.15. The fourth-order valence-corrected chi connectivity index (χ4v) is 2.74. The first-order chi connectivity index (χ1) is 9.38. The highest BCUT2D eigenvalue weighted by Gasteiger charge is 2.36. The van der Waals surface area contributed by atoms with Crippen LogP contribution in [0, 0.1) is 5.92 Å². The summed E-state index contributed by atoms with van der Waals surface area (Å²) in [7, 11) is 0. The third-order valence-electron chi connectivity index (χ3n) is 3.97. The Morgan fingerprint density at radius 1 is 1.32 bits per heavy atom. The molecule has 5 heteroatoms. The topological polar surface area (TPSA) is 60.2 Å². The second kappa shape index (κ2) is 6.01. The zero-order valence-corrected chi connectivity index (χ0v) is 11.6. The summed E-state index contributed by atoms with van der Waals surface area (Å²) in [6.07, 6.45) is 7.31. The lowest BCUT2D eigenvalue weighted by molar-refractivity contribution is 0.0384. The smallest absolute Gasteiger partial charge is 0.243 e. The largest absolute Gasteiger partial charge is 0.370 e. The Morgan fingerprint density at radius 3 is 3.00 bits per heavy atom. The summed E-state index contributed by atoms with van der Waals surface area (Å²) in [5.41, 5.74) is 0. The number of nitrogens with zero attached hydrogens (tertiary/aromatic N) is 2. The Labute approximate surface area is 114 Å². The Bertz CT molecular complexity index is 395. The van der Waals surface area contributed by atoms with Crippen LogP contribution in [0.25, 0.3) is 0 Å². The molecule has 2 aliphatic rings. The van der Waals surface area contributed by atoms with E-state index in [1.54, 1.807) is 0 Å². The van der Waals surface area contributed by atoms with Gasteiger partial charge in [0.15, 0.2) is 0 Å². The SMILES string of the molecule is CCOC(c1noc(C2CCCCCN2)n1)C1CC1. The van der Waals surface area contributed by atoms with E-state index in [9.17, 15) is 0 Å². The second-order valence-corrected chi connectivity index (χ2v) is 5.56. The van der Waals surface area contributed by atoms with E-state index in [-0.39, 0.29) is 12.1 Å². The molecule has 1 N–H and O–H groups in total. The van der Waals surface area contributed by atoms with Gasteiger partial charge in [0.05, 0.1) is 6.04 Å². The maximum Gasteiger partial charge on any atom is 0.243 e. The highest BCUT2D eigenvalue weighted by molar-refractivity contribution is 5.01. The average molecular weight is 265 g/mol. The lowest BCUT2D eigenvalue weighted by Gasteiger charge is -2.12. The molecule has 0 amide bonds. The minimum Gasteiger partial charge on any atom is -0.370 e. The number of hydrogen-bond donors (Lipinski definition) is 1. The Morgan fingerprint density at radius 2 is 2.21 bits per heavy atom. The molecule has 5 nitrogen and oxygen atoms in total. The van der Waals surface area contributed by atoms with Gasteiger partial charge >= 0.3 is 0 Å². The Hall–Kier alpha value is -0.940. The van der Waals surface area contributed by atoms with Gasteiger partial charge in [-0.25, -0.2) is 0 Å². The number of rotatable bonds is 5. The molecule has 1 saturated heterocycles. The van der Waals surface area contributed by atoms with E-state index in [1.165, 1.54) is 32.1 Å². The van der Waals surface area contributed by atoms with Crippen LogP contribution in [0.5, 0.6) is 0 Å². The zero-order valence-electron chi connectivity index (χ0n) is 11.6. The molecule has 3 rings (SSSR count). The van der Waals surface area contributed by atoms with Gasteiger partial charge in [-0.2, -0.15) is 4.98 Å². The quantitative estimate of drug-likeness (QED) is 0.887. The normalized spacial score (nSPS) is 26.1. The fourth-order valence-electron chi connectivity index (χ4n) is 2.74. The van der Waals surface area contributed by atoms with E-state index < -0.39 is 0 Å². The number of aromatic nitrogens is 2. The van der Waals surface area contributed by atoms with Gasteiger partial charge in [0.2, 0.25) is 11.7 Å². The van der Waals surface area contributed by atoms with Crippen LogP contribution >= 0.6 is 0 Å². The lowest BCUT2D eigenvalue weighted by atomic mass is 10.1. The molecule has 0 radical (unpaired) electrons. The van der Waals surface area contributed by atoms with Gasteiger partial charge in [-0.1, -0.05) is 18.0 Å². The van der Waals surface area contributed by atoms with E-state index in [0.29, 0.717) is 12.5 Å². The molecule has 0 aromatic carbocycles. The Balaban J connectivity index is 1.70. The van der Waals surface area contributed by atoms with Crippen LogP contribution in [0.1, 0.15) is 69.3 Å². The van der Waals surface area contributed by atoms with Crippen molar-refractivity contribution in [2.45, 2.75) is 57.6 Å². The number of nitrogens with one attached hydrogen (secondary N) is 1. The van der Waals surface area contributed by atoms with Crippen molar-refractivity contribution in [2.75, 3.05) is 13.2 Å². The van der Waals surface area contributed by atoms with Gasteiger partial charge in [-0.15, -0.1) is 0 Å². The van der Waals surface area contributed by atoms with Crippen molar-refractivity contribution >= 4 is 0 Å². The van der Waals surface area contributed by atoms with Crippen molar-refractivity contribution in [1.82, 2.24) is 15.5 Å². The van der Waals surface area contributed by atoms with Crippen molar-refractivity contribution in [3.8, 4) is 0 Å². The summed E-state index contributed by atoms with van der Waals surface area (Å²) in [6.45, 7) is 3.76. The summed E-state index contributed by atoms with van der Waals surface area (Å²) in [6, 6.07) is 0.227. The van der Waals surface area contributed by atoms with E-state index in [0.717, 1.165) is 24.7 Å². The molecule has 1 aromatic heterocycles. The van der Waals surface area contributed by atoms with Crippen molar-refractivity contribution in [3.63, 3.8) is 0 Å². The second-order valence-electron chi connectivity index (χ2n) is 5.56. The fraction of sp³-hybridized carbons (Fsp3) is 0.857. The molecule has 2 fully saturated rings. The van der Waals surface area contributed by atoms with Crippen LogP contribution in [0.4, 0.5) is 0 Å². The van der Waals surface area contributed by atoms with Gasteiger partial charge in [-0.3, -0.25) is 0 Å². The van der Waals surface area contributed by atoms with Crippen molar-refractivity contribution in [2.24, 2.45) is 5.92 Å². The van der Waals surface area contributed by atoms with E-state index in [4.69, 9.17) is 9.26 Å². The standard InChI is InChI=1S/C14H23N3O2/c1-2-18-12(10-7-8-10)13-16-14(19-17-13)11-6-4-3-5-9-15-11/h10-12,15H,2-9H2,1H3. The molecule has 2 heterocycles. The lowest BCUT2D eigenvalue weighted by Crippen LogP contribution is -2.20. The van der Waals surface area contributed by atoms with Gasteiger partial charge in [0.25, 0.3) is 0 Å². The van der Waals surface area contributed by atoms with Gasteiger partial charge in [0.1, 0.15) is 6.10 Å². The molecule has 1 aliphatic carbocycles. The monoisotopic (exact) mass is 265 g/mol. The molecule has 0 bridgehead atoms. The maximum atomic E-state index is 5.77. The highest BCUT2D eigenvalue weighted by Crippen LogP contribution is 2.42. The molecule has 106 valence electrons. The average Bonchev–Trinajstić information content (AvgIpc) is 3.20. The van der Waals surface area contributed by atoms with Crippen LogP contribution in [0.3, 0.4) is 0 Å². The van der Waals surface area contributed by atoms with Crippen molar-refractivity contribution in [3.05, 3.63) is 11.7 Å². The third-order valence-corrected chi connectivity index (χ3v) is 3.97. The summed E-state index contributed by atoms with van der Waals surface area (Å²) < 4.78 is 11.2. The minimum absolute atomic E-state index is 0.0354. The van der Waals surface area contributed by atoms with Crippen LogP contribution in [-0.4, -0.2) is 23.3 Å². The zero-order chi connectivity index (χ0) is 13.1. The van der Waals surface area contributed by atoms with E-state index >= 15 is 0 Å². The predicted octanol–water partition coefficient (Wildman–Crippen LogP) is 2.76. The summed E-state index contributed by atoms with van der Waals surface area (Å²) in [5.74, 6) is 2.07. The molecule has 0 spiro atoms. The van der Waals surface area contributed by atoms with E-state index in [1.807, 2.05) is 6.92 Å². The van der Waals surface area contributed by atoms with Crippen molar-refractivity contribution < 1.29 is 9.26 Å². The summed E-state index contributed by atoms with van der Waals surface area (Å²) in [5, 5.41) is 7.64. The van der Waals surface area contributed by atoms with Gasteiger partial charge < -0.3 is 14.6 Å². The molecule has 1 aliphatic heterocycles. The van der Waals surface area contributed by atoms with Crippen molar-refractivity contribution in [1.29, 1.82) is 0 Å². The molecule has 1 saturated carbocycles.